The monoisotopic (exact) mass is 388 g/mol. The van der Waals surface area contributed by atoms with Crippen molar-refractivity contribution in [2.75, 3.05) is 19.6 Å². The van der Waals surface area contributed by atoms with Gasteiger partial charge in [-0.3, -0.25) is 14.0 Å². The van der Waals surface area contributed by atoms with Gasteiger partial charge in [0.05, 0.1) is 0 Å². The largest absolute Gasteiger partial charge is 0.336 e. The van der Waals surface area contributed by atoms with Crippen LogP contribution in [0.4, 0.5) is 0 Å². The molecule has 0 bridgehead atoms. The smallest absolute Gasteiger partial charge is 0.270 e. The number of hydrogen-bond donors (Lipinski definition) is 1. The fraction of sp³-hybridized carbons (Fsp3) is 0.333. The zero-order chi connectivity index (χ0) is 18.3. The van der Waals surface area contributed by atoms with E-state index in [1.807, 2.05) is 36.9 Å². The lowest BCUT2D eigenvalue weighted by molar-refractivity contribution is 0.0618. The van der Waals surface area contributed by atoms with Gasteiger partial charge in [-0.2, -0.15) is 0 Å². The summed E-state index contributed by atoms with van der Waals surface area (Å²) in [6, 6.07) is 3.41. The fourth-order valence-electron chi connectivity index (χ4n) is 3.35. The van der Waals surface area contributed by atoms with E-state index in [1.165, 1.54) is 10.6 Å². The Kier molecular flexibility index (Phi) is 5.29. The Hall–Kier alpha value is -2.71. The molecule has 0 saturated carbocycles. The molecule has 142 valence electrons. The van der Waals surface area contributed by atoms with E-state index in [0.717, 1.165) is 11.4 Å². The number of rotatable bonds is 2. The van der Waals surface area contributed by atoms with Gasteiger partial charge in [0.1, 0.15) is 23.1 Å². The standard InChI is InChI=1S/C18H20N6O2.ClH/c1-12-3-6-24-15(9-12)21-10-13(18(24)26)17(25)23-8-4-19-11-14(23)16-20-5-7-22(16)2;/h3,5-7,9-10,14,19H,4,8,11H2,1-2H3;1H. The second-order valence-corrected chi connectivity index (χ2v) is 6.52. The van der Waals surface area contributed by atoms with E-state index >= 15 is 0 Å². The van der Waals surface area contributed by atoms with Crippen molar-refractivity contribution in [1.82, 2.24) is 29.2 Å². The third-order valence-electron chi connectivity index (χ3n) is 4.76. The van der Waals surface area contributed by atoms with Gasteiger partial charge in [-0.1, -0.05) is 0 Å². The van der Waals surface area contributed by atoms with Crippen LogP contribution < -0.4 is 10.9 Å². The van der Waals surface area contributed by atoms with Crippen molar-refractivity contribution in [3.63, 3.8) is 0 Å². The van der Waals surface area contributed by atoms with Crippen molar-refractivity contribution in [2.45, 2.75) is 13.0 Å². The van der Waals surface area contributed by atoms with Gasteiger partial charge in [-0.15, -0.1) is 12.4 Å². The molecule has 1 atom stereocenters. The second kappa shape index (κ2) is 7.50. The Bertz CT molecular complexity index is 1040. The summed E-state index contributed by atoms with van der Waals surface area (Å²) in [5.41, 5.74) is 1.27. The first-order chi connectivity index (χ1) is 12.6. The molecule has 4 heterocycles. The number of imidazole rings is 1. The van der Waals surface area contributed by atoms with Crippen LogP contribution in [0.3, 0.4) is 0 Å². The Balaban J connectivity index is 0.00000210. The van der Waals surface area contributed by atoms with E-state index in [1.54, 1.807) is 17.3 Å². The molecule has 1 N–H and O–H groups in total. The summed E-state index contributed by atoms with van der Waals surface area (Å²) in [6.45, 7) is 3.71. The minimum atomic E-state index is -0.350. The van der Waals surface area contributed by atoms with Crippen LogP contribution in [0.2, 0.25) is 0 Å². The maximum absolute atomic E-state index is 13.2. The van der Waals surface area contributed by atoms with E-state index in [-0.39, 0.29) is 35.5 Å². The number of pyridine rings is 1. The average Bonchev–Trinajstić information content (AvgIpc) is 3.07. The molecule has 0 radical (unpaired) electrons. The Morgan fingerprint density at radius 1 is 1.30 bits per heavy atom. The Labute approximate surface area is 162 Å². The number of halogens is 1. The van der Waals surface area contributed by atoms with Crippen LogP contribution in [0, 0.1) is 6.92 Å². The summed E-state index contributed by atoms with van der Waals surface area (Å²) in [6.07, 6.45) is 6.60. The van der Waals surface area contributed by atoms with E-state index in [0.29, 0.717) is 25.3 Å². The van der Waals surface area contributed by atoms with Crippen molar-refractivity contribution < 1.29 is 4.79 Å². The van der Waals surface area contributed by atoms with Gasteiger partial charge in [0.2, 0.25) is 0 Å². The first-order valence-corrected chi connectivity index (χ1v) is 8.53. The molecule has 1 aliphatic heterocycles. The van der Waals surface area contributed by atoms with Crippen molar-refractivity contribution >= 4 is 24.0 Å². The van der Waals surface area contributed by atoms with Gasteiger partial charge in [0, 0.05) is 51.5 Å². The molecular weight excluding hydrogens is 368 g/mol. The molecular formula is C18H21ClN6O2. The van der Waals surface area contributed by atoms with Crippen LogP contribution in [-0.2, 0) is 7.05 Å². The molecule has 1 fully saturated rings. The molecule has 1 saturated heterocycles. The number of amides is 1. The Morgan fingerprint density at radius 3 is 2.85 bits per heavy atom. The number of piperazine rings is 1. The highest BCUT2D eigenvalue weighted by Gasteiger charge is 2.32. The molecule has 0 aliphatic carbocycles. The number of carbonyl (C=O) groups is 1. The topological polar surface area (TPSA) is 84.5 Å². The number of aryl methyl sites for hydroxylation is 2. The quantitative estimate of drug-likeness (QED) is 0.706. The molecule has 1 unspecified atom stereocenters. The second-order valence-electron chi connectivity index (χ2n) is 6.52. The normalized spacial score (nSPS) is 17.0. The van der Waals surface area contributed by atoms with Gasteiger partial charge in [0.25, 0.3) is 11.5 Å². The van der Waals surface area contributed by atoms with Gasteiger partial charge in [-0.25, -0.2) is 9.97 Å². The average molecular weight is 389 g/mol. The lowest BCUT2D eigenvalue weighted by Gasteiger charge is -2.35. The summed E-state index contributed by atoms with van der Waals surface area (Å²) < 4.78 is 3.31. The van der Waals surface area contributed by atoms with Crippen LogP contribution in [-0.4, -0.2) is 49.4 Å². The predicted octanol–water partition coefficient (Wildman–Crippen LogP) is 0.945. The van der Waals surface area contributed by atoms with Crippen LogP contribution in [0.25, 0.3) is 5.65 Å². The predicted molar refractivity (Wildman–Crippen MR) is 103 cm³/mol. The van der Waals surface area contributed by atoms with Crippen molar-refractivity contribution in [1.29, 1.82) is 0 Å². The number of hydrogen-bond acceptors (Lipinski definition) is 5. The van der Waals surface area contributed by atoms with Crippen LogP contribution >= 0.6 is 12.4 Å². The van der Waals surface area contributed by atoms with E-state index in [4.69, 9.17) is 0 Å². The first-order valence-electron chi connectivity index (χ1n) is 8.53. The Morgan fingerprint density at radius 2 is 2.11 bits per heavy atom. The maximum Gasteiger partial charge on any atom is 0.270 e. The van der Waals surface area contributed by atoms with E-state index in [2.05, 4.69) is 15.3 Å². The van der Waals surface area contributed by atoms with Gasteiger partial charge < -0.3 is 14.8 Å². The van der Waals surface area contributed by atoms with Crippen molar-refractivity contribution in [2.24, 2.45) is 7.05 Å². The minimum Gasteiger partial charge on any atom is -0.336 e. The number of aromatic nitrogens is 4. The SMILES string of the molecule is Cc1ccn2c(=O)c(C(=O)N3CCNCC3c3nccn3C)cnc2c1.Cl. The third-order valence-corrected chi connectivity index (χ3v) is 4.76. The molecule has 3 aromatic heterocycles. The summed E-state index contributed by atoms with van der Waals surface area (Å²) in [4.78, 5) is 36.4. The lowest BCUT2D eigenvalue weighted by Crippen LogP contribution is -2.50. The summed E-state index contributed by atoms with van der Waals surface area (Å²) in [5, 5.41) is 3.29. The molecule has 9 heteroatoms. The highest BCUT2D eigenvalue weighted by molar-refractivity contribution is 5.94. The zero-order valence-corrected chi connectivity index (χ0v) is 15.9. The van der Waals surface area contributed by atoms with Crippen LogP contribution in [0.5, 0.6) is 0 Å². The molecule has 1 aliphatic rings. The fourth-order valence-corrected chi connectivity index (χ4v) is 3.35. The van der Waals surface area contributed by atoms with Crippen LogP contribution in [0.15, 0.2) is 41.7 Å². The van der Waals surface area contributed by atoms with Gasteiger partial charge >= 0.3 is 0 Å². The molecule has 8 nitrogen and oxygen atoms in total. The van der Waals surface area contributed by atoms with E-state index in [9.17, 15) is 9.59 Å². The maximum atomic E-state index is 13.2. The summed E-state index contributed by atoms with van der Waals surface area (Å²) in [7, 11) is 1.90. The summed E-state index contributed by atoms with van der Waals surface area (Å²) >= 11 is 0. The highest BCUT2D eigenvalue weighted by atomic mass is 35.5. The van der Waals surface area contributed by atoms with Crippen molar-refractivity contribution in [3.05, 3.63) is 64.2 Å². The summed E-state index contributed by atoms with van der Waals surface area (Å²) in [5.74, 6) is 0.474. The molecule has 3 aromatic rings. The number of nitrogens with zero attached hydrogens (tertiary/aromatic N) is 5. The molecule has 27 heavy (non-hydrogen) atoms. The molecule has 0 aromatic carbocycles. The van der Waals surface area contributed by atoms with E-state index < -0.39 is 0 Å². The van der Waals surface area contributed by atoms with Gasteiger partial charge in [-0.05, 0) is 24.6 Å². The number of fused-ring (bicyclic) bond motifs is 1. The molecule has 1 amide bonds. The third kappa shape index (κ3) is 3.33. The first kappa shape index (κ1) is 19.1. The minimum absolute atomic E-state index is 0. The zero-order valence-electron chi connectivity index (χ0n) is 15.1. The number of nitrogens with one attached hydrogen (secondary N) is 1. The molecule has 4 rings (SSSR count). The van der Waals surface area contributed by atoms with Crippen molar-refractivity contribution in [3.8, 4) is 0 Å². The van der Waals surface area contributed by atoms with Crippen LogP contribution in [0.1, 0.15) is 27.8 Å². The lowest BCUT2D eigenvalue weighted by atomic mass is 10.1. The van der Waals surface area contributed by atoms with Gasteiger partial charge in [0.15, 0.2) is 0 Å². The number of carbonyl (C=O) groups excluding carboxylic acids is 1. The highest BCUT2D eigenvalue weighted by Crippen LogP contribution is 2.22. The molecule has 0 spiro atoms.